The van der Waals surface area contributed by atoms with E-state index >= 15 is 0 Å². The molecule has 1 aliphatic carbocycles. The first kappa shape index (κ1) is 33.7. The number of piperidine rings is 1. The van der Waals surface area contributed by atoms with E-state index < -0.39 is 5.60 Å². The first-order valence-electron chi connectivity index (χ1n) is 14.9. The average Bonchev–Trinajstić information content (AvgIpc) is 3.05. The van der Waals surface area contributed by atoms with Crippen molar-refractivity contribution in [3.8, 4) is 0 Å². The second-order valence-electron chi connectivity index (χ2n) is 11.1. The molecule has 0 bridgehead atoms. The van der Waals surface area contributed by atoms with Gasteiger partial charge in [-0.15, -0.1) is 6.58 Å². The van der Waals surface area contributed by atoms with E-state index in [1.54, 1.807) is 6.08 Å². The van der Waals surface area contributed by atoms with E-state index in [9.17, 15) is 23.9 Å². The number of rotatable bonds is 10. The summed E-state index contributed by atoms with van der Waals surface area (Å²) in [5.41, 5.74) is 2.02. The highest BCUT2D eigenvalue weighted by atomic mass is 35.5. The van der Waals surface area contributed by atoms with E-state index in [0.717, 1.165) is 37.2 Å². The van der Waals surface area contributed by atoms with Crippen LogP contribution in [0.2, 0.25) is 5.02 Å². The fourth-order valence-electron chi connectivity index (χ4n) is 5.50. The van der Waals surface area contributed by atoms with Crippen molar-refractivity contribution in [2.45, 2.75) is 37.2 Å². The van der Waals surface area contributed by atoms with Crippen LogP contribution in [-0.4, -0.2) is 54.1 Å². The van der Waals surface area contributed by atoms with Crippen molar-refractivity contribution in [2.75, 3.05) is 26.7 Å². The summed E-state index contributed by atoms with van der Waals surface area (Å²) < 4.78 is 17.8. The molecule has 1 aliphatic heterocycles. The minimum absolute atomic E-state index is 0.0414. The number of likely N-dealkylation sites (tertiary alicyclic amines) is 1. The third-order valence-electron chi connectivity index (χ3n) is 8.13. The minimum Gasteiger partial charge on any atom is -0.493 e. The Bertz CT molecular complexity index is 1560. The number of methoxy groups -OCH3 is 1. The molecule has 1 unspecified atom stereocenters. The third-order valence-corrected chi connectivity index (χ3v) is 8.39. The Morgan fingerprint density at radius 3 is 2.24 bits per heavy atom. The van der Waals surface area contributed by atoms with E-state index in [2.05, 4.69) is 11.5 Å². The van der Waals surface area contributed by atoms with Crippen molar-refractivity contribution >= 4 is 29.0 Å². The number of benzene rings is 3. The number of carbonyl (C=O) groups excluding carboxylic acids is 3. The van der Waals surface area contributed by atoms with Crippen LogP contribution in [0.15, 0.2) is 115 Å². The summed E-state index contributed by atoms with van der Waals surface area (Å²) in [7, 11) is 1.37. The van der Waals surface area contributed by atoms with Gasteiger partial charge >= 0.3 is 0 Å². The normalized spacial score (nSPS) is 16.9. The predicted octanol–water partition coefficient (Wildman–Crippen LogP) is 6.99. The molecule has 5 rings (SSSR count). The zero-order valence-electron chi connectivity index (χ0n) is 25.3. The quantitative estimate of drug-likeness (QED) is 0.148. The van der Waals surface area contributed by atoms with Gasteiger partial charge in [-0.3, -0.25) is 14.4 Å². The van der Waals surface area contributed by atoms with Crippen molar-refractivity contribution in [2.24, 2.45) is 0 Å². The smallest absolute Gasteiger partial charge is 0.220 e. The Balaban J connectivity index is 0.000000215. The van der Waals surface area contributed by atoms with Crippen LogP contribution in [0.25, 0.3) is 0 Å². The molecule has 1 heterocycles. The predicted molar refractivity (Wildman–Crippen MR) is 174 cm³/mol. The fourth-order valence-corrected chi connectivity index (χ4v) is 5.63. The van der Waals surface area contributed by atoms with Gasteiger partial charge in [0, 0.05) is 47.7 Å². The van der Waals surface area contributed by atoms with Gasteiger partial charge in [-0.2, -0.15) is 0 Å². The van der Waals surface area contributed by atoms with Crippen molar-refractivity contribution in [1.82, 2.24) is 4.90 Å². The zero-order chi connectivity index (χ0) is 32.4. The van der Waals surface area contributed by atoms with Gasteiger partial charge in [-0.25, -0.2) is 4.39 Å². The molecule has 45 heavy (non-hydrogen) atoms. The first-order valence-corrected chi connectivity index (χ1v) is 15.2. The van der Waals surface area contributed by atoms with E-state index in [-0.39, 0.29) is 34.8 Å². The highest BCUT2D eigenvalue weighted by molar-refractivity contribution is 6.30. The number of ketones is 3. The maximum atomic E-state index is 12.9. The molecule has 2 aliphatic rings. The Hall–Kier alpha value is -4.17. The van der Waals surface area contributed by atoms with Gasteiger partial charge in [0.2, 0.25) is 5.78 Å². The number of hydrogen-bond acceptors (Lipinski definition) is 6. The molecule has 0 aromatic heterocycles. The Morgan fingerprint density at radius 1 is 1.00 bits per heavy atom. The summed E-state index contributed by atoms with van der Waals surface area (Å²) in [6, 6.07) is 22.6. The number of halogens is 2. The molecule has 0 saturated carbocycles. The number of allylic oxidation sites excluding steroid dienone is 4. The van der Waals surface area contributed by atoms with Crippen molar-refractivity contribution in [3.63, 3.8) is 0 Å². The molecule has 3 aromatic carbocycles. The van der Waals surface area contributed by atoms with Crippen LogP contribution in [0.1, 0.15) is 53.1 Å². The first-order chi connectivity index (χ1) is 21.6. The van der Waals surface area contributed by atoms with Crippen LogP contribution in [0.3, 0.4) is 0 Å². The fraction of sp³-hybridized carbons (Fsp3) is 0.270. The summed E-state index contributed by atoms with van der Waals surface area (Å²) in [5.74, 6) is -1.01. The molecular weight excluding hydrogens is 593 g/mol. The molecule has 1 atom stereocenters. The Labute approximate surface area is 268 Å². The van der Waals surface area contributed by atoms with Crippen LogP contribution in [0, 0.1) is 5.82 Å². The minimum atomic E-state index is -0.801. The lowest BCUT2D eigenvalue weighted by molar-refractivity contribution is -0.117. The second-order valence-corrected chi connectivity index (χ2v) is 11.5. The van der Waals surface area contributed by atoms with Crippen LogP contribution in [0.4, 0.5) is 4.39 Å². The summed E-state index contributed by atoms with van der Waals surface area (Å²) in [5, 5.41) is 11.5. The average molecular weight is 630 g/mol. The standard InChI is InChI=1S/C21H23ClFNO2.C16H14O3/c22-18-7-5-17(6-8-18)21(26)11-14-24(15-12-21)13-1-2-20(25)16-3-9-19(23)10-4-16;1-3-12(11-7-5-4-6-8-11)13-9-15(18)16(19-2)10-14(13)17/h3-10,26H,1-2,11-15H2;3-10,12H,1H2,2H3. The van der Waals surface area contributed by atoms with Crippen molar-refractivity contribution in [3.05, 3.63) is 143 Å². The topological polar surface area (TPSA) is 83.9 Å². The molecule has 3 aromatic rings. The van der Waals surface area contributed by atoms with Crippen molar-refractivity contribution in [1.29, 1.82) is 0 Å². The number of carbonyl (C=O) groups is 3. The van der Waals surface area contributed by atoms with E-state index in [0.29, 0.717) is 35.4 Å². The van der Waals surface area contributed by atoms with Gasteiger partial charge in [0.15, 0.2) is 17.3 Å². The van der Waals surface area contributed by atoms with Crippen LogP contribution >= 0.6 is 11.6 Å². The van der Waals surface area contributed by atoms with Gasteiger partial charge in [-0.05, 0) is 79.4 Å². The van der Waals surface area contributed by atoms with E-state index in [1.807, 2.05) is 54.6 Å². The molecule has 234 valence electrons. The number of nitrogens with zero attached hydrogens (tertiary/aromatic N) is 1. The van der Waals surface area contributed by atoms with E-state index in [4.69, 9.17) is 16.3 Å². The molecule has 6 nitrogen and oxygen atoms in total. The SMILES string of the molecule is C=CC(C1=CC(=O)C(OC)=CC1=O)c1ccccc1.O=C(CCCN1CCC(O)(c2ccc(Cl)cc2)CC1)c1ccc(F)cc1. The highest BCUT2D eigenvalue weighted by Crippen LogP contribution is 2.33. The highest BCUT2D eigenvalue weighted by Gasteiger charge is 2.33. The summed E-state index contributed by atoms with van der Waals surface area (Å²) >= 11 is 5.92. The second kappa shape index (κ2) is 15.7. The molecular formula is C37H37ClFNO5. The molecule has 1 N–H and O–H groups in total. The largest absolute Gasteiger partial charge is 0.493 e. The van der Waals surface area contributed by atoms with E-state index in [1.165, 1.54) is 43.5 Å². The molecule has 1 saturated heterocycles. The molecule has 0 amide bonds. The third kappa shape index (κ3) is 8.94. The molecule has 1 fully saturated rings. The summed E-state index contributed by atoms with van der Waals surface area (Å²) in [4.78, 5) is 38.2. The van der Waals surface area contributed by atoms with Gasteiger partial charge in [0.05, 0.1) is 12.7 Å². The lowest BCUT2D eigenvalue weighted by atomic mass is 9.84. The monoisotopic (exact) mass is 629 g/mol. The number of ether oxygens (including phenoxy) is 1. The zero-order valence-corrected chi connectivity index (χ0v) is 26.0. The van der Waals surface area contributed by atoms with Crippen molar-refractivity contribution < 1.29 is 28.6 Å². The van der Waals surface area contributed by atoms with Crippen LogP contribution in [-0.2, 0) is 19.9 Å². The molecule has 0 spiro atoms. The molecule has 0 radical (unpaired) electrons. The lowest BCUT2D eigenvalue weighted by Gasteiger charge is -2.38. The van der Waals surface area contributed by atoms with Crippen LogP contribution in [0.5, 0.6) is 0 Å². The van der Waals surface area contributed by atoms with Gasteiger partial charge in [0.1, 0.15) is 5.82 Å². The van der Waals surface area contributed by atoms with Gasteiger partial charge in [0.25, 0.3) is 0 Å². The maximum Gasteiger partial charge on any atom is 0.220 e. The summed E-state index contributed by atoms with van der Waals surface area (Å²) in [6.07, 6.45) is 6.77. The van der Waals surface area contributed by atoms with Gasteiger partial charge < -0.3 is 14.7 Å². The lowest BCUT2D eigenvalue weighted by Crippen LogP contribution is -2.42. The maximum absolute atomic E-state index is 12.9. The Morgan fingerprint density at radius 2 is 1.64 bits per heavy atom. The van der Waals surface area contributed by atoms with Gasteiger partial charge in [-0.1, -0.05) is 60.1 Å². The van der Waals surface area contributed by atoms with Crippen LogP contribution < -0.4 is 0 Å². The number of hydrogen-bond donors (Lipinski definition) is 1. The number of aliphatic hydroxyl groups is 1. The number of Topliss-reactive ketones (excluding diaryl/α,β-unsaturated/α-hetero) is 1. The molecule has 8 heteroatoms. The Kier molecular flexibility index (Phi) is 11.8. The summed E-state index contributed by atoms with van der Waals surface area (Å²) in [6.45, 7) is 6.17.